The van der Waals surface area contributed by atoms with E-state index in [4.69, 9.17) is 4.98 Å². The van der Waals surface area contributed by atoms with E-state index < -0.39 is 0 Å². The van der Waals surface area contributed by atoms with Crippen molar-refractivity contribution in [2.75, 3.05) is 13.1 Å². The van der Waals surface area contributed by atoms with Gasteiger partial charge in [0.1, 0.15) is 5.82 Å². The number of piperidine rings is 1. The SMILES string of the molecule is CCc1nccn1-c1cncc(C2CCCN(C3CCCC3)C2)n1. The number of nitrogens with zero attached hydrogens (tertiary/aromatic N) is 5. The van der Waals surface area contributed by atoms with E-state index in [9.17, 15) is 0 Å². The number of aryl methyl sites for hydroxylation is 1. The third-order valence-corrected chi connectivity index (χ3v) is 5.63. The molecule has 1 saturated heterocycles. The van der Waals surface area contributed by atoms with Crippen LogP contribution in [0.2, 0.25) is 0 Å². The van der Waals surface area contributed by atoms with Crippen molar-refractivity contribution in [1.29, 1.82) is 0 Å². The van der Waals surface area contributed by atoms with Crippen LogP contribution in [0.25, 0.3) is 5.82 Å². The van der Waals surface area contributed by atoms with Gasteiger partial charge in [0.15, 0.2) is 5.82 Å². The molecule has 24 heavy (non-hydrogen) atoms. The molecule has 1 aliphatic heterocycles. The third kappa shape index (κ3) is 3.09. The van der Waals surface area contributed by atoms with Crippen molar-refractivity contribution in [3.8, 4) is 5.82 Å². The molecular formula is C19H27N5. The molecule has 1 saturated carbocycles. The van der Waals surface area contributed by atoms with Crippen molar-refractivity contribution >= 4 is 0 Å². The quantitative estimate of drug-likeness (QED) is 0.865. The molecule has 0 bridgehead atoms. The molecule has 1 aliphatic carbocycles. The standard InChI is InChI=1S/C19H27N5/c1-2-18-21-9-11-24(18)19-13-20-12-17(22-19)15-6-5-10-23(14-15)16-7-3-4-8-16/h9,11-13,15-16H,2-8,10,14H2,1H3. The highest BCUT2D eigenvalue weighted by Gasteiger charge is 2.29. The second-order valence-corrected chi connectivity index (χ2v) is 7.14. The number of hydrogen-bond acceptors (Lipinski definition) is 4. The molecule has 5 nitrogen and oxygen atoms in total. The van der Waals surface area contributed by atoms with Gasteiger partial charge in [-0.1, -0.05) is 19.8 Å². The van der Waals surface area contributed by atoms with E-state index in [-0.39, 0.29) is 0 Å². The topological polar surface area (TPSA) is 46.8 Å². The van der Waals surface area contributed by atoms with E-state index in [1.54, 1.807) is 0 Å². The van der Waals surface area contributed by atoms with Crippen LogP contribution in [0.4, 0.5) is 0 Å². The van der Waals surface area contributed by atoms with Crippen LogP contribution in [0.3, 0.4) is 0 Å². The minimum Gasteiger partial charge on any atom is -0.300 e. The van der Waals surface area contributed by atoms with Crippen molar-refractivity contribution in [1.82, 2.24) is 24.4 Å². The Labute approximate surface area is 144 Å². The van der Waals surface area contributed by atoms with Gasteiger partial charge in [-0.15, -0.1) is 0 Å². The van der Waals surface area contributed by atoms with Crippen LogP contribution in [0.5, 0.6) is 0 Å². The van der Waals surface area contributed by atoms with E-state index in [0.717, 1.165) is 36.3 Å². The predicted octanol–water partition coefficient (Wildman–Crippen LogP) is 3.35. The zero-order valence-corrected chi connectivity index (χ0v) is 14.6. The van der Waals surface area contributed by atoms with Crippen LogP contribution >= 0.6 is 0 Å². The molecule has 1 unspecified atom stereocenters. The van der Waals surface area contributed by atoms with Crippen molar-refractivity contribution in [2.45, 2.75) is 63.8 Å². The van der Waals surface area contributed by atoms with Gasteiger partial charge in [-0.05, 0) is 32.2 Å². The third-order valence-electron chi connectivity index (χ3n) is 5.63. The van der Waals surface area contributed by atoms with Crippen LogP contribution in [-0.4, -0.2) is 43.6 Å². The second-order valence-electron chi connectivity index (χ2n) is 7.14. The van der Waals surface area contributed by atoms with Crippen LogP contribution in [-0.2, 0) is 6.42 Å². The molecule has 2 fully saturated rings. The Morgan fingerprint density at radius 3 is 2.83 bits per heavy atom. The fourth-order valence-electron chi connectivity index (χ4n) is 4.34. The summed E-state index contributed by atoms with van der Waals surface area (Å²) in [5, 5.41) is 0. The Hall–Kier alpha value is -1.75. The maximum atomic E-state index is 4.94. The van der Waals surface area contributed by atoms with Gasteiger partial charge in [0.05, 0.1) is 11.9 Å². The van der Waals surface area contributed by atoms with Crippen molar-refractivity contribution in [2.24, 2.45) is 0 Å². The van der Waals surface area contributed by atoms with Gasteiger partial charge in [-0.2, -0.15) is 0 Å². The summed E-state index contributed by atoms with van der Waals surface area (Å²) in [7, 11) is 0. The summed E-state index contributed by atoms with van der Waals surface area (Å²) in [4.78, 5) is 16.5. The van der Waals surface area contributed by atoms with Gasteiger partial charge in [0, 0.05) is 43.5 Å². The number of likely N-dealkylation sites (tertiary alicyclic amines) is 1. The van der Waals surface area contributed by atoms with E-state index in [2.05, 4.69) is 26.4 Å². The largest absolute Gasteiger partial charge is 0.300 e. The smallest absolute Gasteiger partial charge is 0.156 e. The number of hydrogen-bond donors (Lipinski definition) is 0. The van der Waals surface area contributed by atoms with Gasteiger partial charge in [0.2, 0.25) is 0 Å². The van der Waals surface area contributed by atoms with Crippen LogP contribution in [0, 0.1) is 0 Å². The van der Waals surface area contributed by atoms with Crippen molar-refractivity contribution in [3.05, 3.63) is 36.3 Å². The van der Waals surface area contributed by atoms with E-state index in [0.29, 0.717) is 5.92 Å². The Kier molecular flexibility index (Phi) is 4.60. The molecule has 1 atom stereocenters. The van der Waals surface area contributed by atoms with Crippen molar-refractivity contribution < 1.29 is 0 Å². The minimum atomic E-state index is 0.514. The van der Waals surface area contributed by atoms with E-state index >= 15 is 0 Å². The lowest BCUT2D eigenvalue weighted by Crippen LogP contribution is -2.40. The summed E-state index contributed by atoms with van der Waals surface area (Å²) in [6.45, 7) is 4.53. The van der Waals surface area contributed by atoms with E-state index in [1.165, 1.54) is 45.1 Å². The normalized spacial score (nSPS) is 23.0. The van der Waals surface area contributed by atoms with Gasteiger partial charge in [-0.3, -0.25) is 14.5 Å². The van der Waals surface area contributed by atoms with Gasteiger partial charge < -0.3 is 0 Å². The molecule has 2 aliphatic rings. The lowest BCUT2D eigenvalue weighted by Gasteiger charge is -2.36. The summed E-state index contributed by atoms with van der Waals surface area (Å²) in [5.74, 6) is 2.46. The molecule has 0 aromatic carbocycles. The first kappa shape index (κ1) is 15.8. The summed E-state index contributed by atoms with van der Waals surface area (Å²) < 4.78 is 2.06. The lowest BCUT2D eigenvalue weighted by atomic mass is 9.93. The summed E-state index contributed by atoms with van der Waals surface area (Å²) >= 11 is 0. The molecule has 0 radical (unpaired) electrons. The molecule has 5 heteroatoms. The maximum Gasteiger partial charge on any atom is 0.156 e. The van der Waals surface area contributed by atoms with Crippen LogP contribution in [0.1, 0.15) is 62.9 Å². The molecule has 0 spiro atoms. The highest BCUT2D eigenvalue weighted by Crippen LogP contribution is 2.31. The first-order chi connectivity index (χ1) is 11.8. The van der Waals surface area contributed by atoms with Crippen molar-refractivity contribution in [3.63, 3.8) is 0 Å². The molecular weight excluding hydrogens is 298 g/mol. The highest BCUT2D eigenvalue weighted by molar-refractivity contribution is 5.24. The zero-order valence-electron chi connectivity index (χ0n) is 14.6. The zero-order chi connectivity index (χ0) is 16.4. The van der Waals surface area contributed by atoms with Gasteiger partial charge >= 0.3 is 0 Å². The van der Waals surface area contributed by atoms with Gasteiger partial charge in [0.25, 0.3) is 0 Å². The fourth-order valence-corrected chi connectivity index (χ4v) is 4.34. The molecule has 2 aromatic heterocycles. The number of imidazole rings is 1. The van der Waals surface area contributed by atoms with Gasteiger partial charge in [-0.25, -0.2) is 9.97 Å². The second kappa shape index (κ2) is 7.01. The lowest BCUT2D eigenvalue weighted by molar-refractivity contribution is 0.149. The highest BCUT2D eigenvalue weighted by atomic mass is 15.2. The Morgan fingerprint density at radius 2 is 2.00 bits per heavy atom. The molecule has 0 N–H and O–H groups in total. The predicted molar refractivity (Wildman–Crippen MR) is 94.3 cm³/mol. The molecule has 128 valence electrons. The van der Waals surface area contributed by atoms with Crippen LogP contribution in [0.15, 0.2) is 24.8 Å². The Bertz CT molecular complexity index is 674. The van der Waals surface area contributed by atoms with E-state index in [1.807, 2.05) is 24.8 Å². The summed E-state index contributed by atoms with van der Waals surface area (Å²) in [6.07, 6.45) is 16.6. The Balaban J connectivity index is 1.54. The monoisotopic (exact) mass is 325 g/mol. The minimum absolute atomic E-state index is 0.514. The molecule has 4 rings (SSSR count). The Morgan fingerprint density at radius 1 is 1.12 bits per heavy atom. The molecule has 2 aromatic rings. The average molecular weight is 325 g/mol. The fraction of sp³-hybridized carbons (Fsp3) is 0.632. The first-order valence-corrected chi connectivity index (χ1v) is 9.43. The number of aromatic nitrogens is 4. The summed E-state index contributed by atoms with van der Waals surface area (Å²) in [6, 6.07) is 0.810. The first-order valence-electron chi connectivity index (χ1n) is 9.43. The molecule has 3 heterocycles. The maximum absolute atomic E-state index is 4.94. The van der Waals surface area contributed by atoms with Crippen LogP contribution < -0.4 is 0 Å². The summed E-state index contributed by atoms with van der Waals surface area (Å²) in [5.41, 5.74) is 1.14. The average Bonchev–Trinajstić information content (AvgIpc) is 3.33. The molecule has 0 amide bonds. The number of rotatable bonds is 4.